The van der Waals surface area contributed by atoms with E-state index in [1.165, 1.54) is 26.4 Å². The third-order valence-electron chi connectivity index (χ3n) is 2.00. The number of nitrogens with one attached hydrogen (secondary N) is 1. The van der Waals surface area contributed by atoms with Gasteiger partial charge in [0.2, 0.25) is 0 Å². The van der Waals surface area contributed by atoms with E-state index in [4.69, 9.17) is 14.3 Å². The number of phenols is 1. The van der Waals surface area contributed by atoms with Gasteiger partial charge in [-0.2, -0.15) is 0 Å². The molecule has 0 aromatic heterocycles. The lowest BCUT2D eigenvalue weighted by Crippen LogP contribution is -2.25. The number of carbonyl (C=O) groups is 1. The molecule has 0 heterocycles. The van der Waals surface area contributed by atoms with Crippen molar-refractivity contribution in [2.24, 2.45) is 0 Å². The van der Waals surface area contributed by atoms with Crippen LogP contribution in [0.2, 0.25) is 0 Å². The average Bonchev–Trinajstić information content (AvgIpc) is 2.35. The fraction of sp³-hybridized carbons (Fsp3) is 0.364. The second kappa shape index (κ2) is 6.72. The van der Waals surface area contributed by atoms with E-state index in [0.717, 1.165) is 0 Å². The third kappa shape index (κ3) is 3.93. The maximum absolute atomic E-state index is 11.6. The molecule has 1 aromatic carbocycles. The minimum atomic E-state index is -0.544. The Bertz CT molecular complexity index is 380. The van der Waals surface area contributed by atoms with Crippen molar-refractivity contribution in [3.63, 3.8) is 0 Å². The third-order valence-corrected chi connectivity index (χ3v) is 2.00. The number of phenolic OH excluding ortho intramolecular Hbond substituents is 1. The summed E-state index contributed by atoms with van der Waals surface area (Å²) in [6, 6.07) is 4.35. The molecule has 0 atom stereocenters. The van der Waals surface area contributed by atoms with Crippen LogP contribution in [0.3, 0.4) is 0 Å². The molecule has 0 radical (unpaired) electrons. The highest BCUT2D eigenvalue weighted by atomic mass is 16.7. The predicted molar refractivity (Wildman–Crippen MR) is 60.0 cm³/mol. The Morgan fingerprint density at radius 1 is 1.35 bits per heavy atom. The highest BCUT2D eigenvalue weighted by Gasteiger charge is 2.12. The van der Waals surface area contributed by atoms with E-state index in [0.29, 0.717) is 12.4 Å². The predicted octanol–water partition coefficient (Wildman–Crippen LogP) is 0.709. The molecule has 6 heteroatoms. The van der Waals surface area contributed by atoms with Gasteiger partial charge in [-0.3, -0.25) is 9.63 Å². The van der Waals surface area contributed by atoms with Crippen LogP contribution >= 0.6 is 0 Å². The molecule has 6 nitrogen and oxygen atoms in total. The van der Waals surface area contributed by atoms with Crippen molar-refractivity contribution in [1.29, 1.82) is 0 Å². The molecule has 0 aliphatic carbocycles. The Morgan fingerprint density at radius 3 is 2.76 bits per heavy atom. The molecule has 17 heavy (non-hydrogen) atoms. The SMILES string of the molecule is COCCONC(=O)c1cc(OC)ccc1O. The van der Waals surface area contributed by atoms with Crippen molar-refractivity contribution in [3.8, 4) is 11.5 Å². The summed E-state index contributed by atoms with van der Waals surface area (Å²) in [5, 5.41) is 9.51. The molecule has 94 valence electrons. The second-order valence-electron chi connectivity index (χ2n) is 3.16. The molecule has 1 amide bonds. The van der Waals surface area contributed by atoms with Crippen molar-refractivity contribution in [2.75, 3.05) is 27.4 Å². The summed E-state index contributed by atoms with van der Waals surface area (Å²) in [6.45, 7) is 0.595. The molecule has 0 fully saturated rings. The molecule has 2 N–H and O–H groups in total. The first-order valence-corrected chi connectivity index (χ1v) is 4.97. The number of hydroxylamine groups is 1. The van der Waals surface area contributed by atoms with Crippen LogP contribution in [0.1, 0.15) is 10.4 Å². The monoisotopic (exact) mass is 241 g/mol. The van der Waals surface area contributed by atoms with Gasteiger partial charge in [0, 0.05) is 7.11 Å². The number of amides is 1. The Balaban J connectivity index is 2.61. The number of hydrogen-bond acceptors (Lipinski definition) is 5. The number of methoxy groups -OCH3 is 2. The van der Waals surface area contributed by atoms with Gasteiger partial charge in [-0.15, -0.1) is 0 Å². The zero-order valence-corrected chi connectivity index (χ0v) is 9.73. The normalized spacial score (nSPS) is 10.0. The van der Waals surface area contributed by atoms with Gasteiger partial charge in [-0.1, -0.05) is 0 Å². The zero-order valence-electron chi connectivity index (χ0n) is 9.73. The maximum atomic E-state index is 11.6. The van der Waals surface area contributed by atoms with E-state index < -0.39 is 5.91 Å². The summed E-state index contributed by atoms with van der Waals surface area (Å²) in [4.78, 5) is 16.4. The summed E-state index contributed by atoms with van der Waals surface area (Å²) < 4.78 is 9.70. The van der Waals surface area contributed by atoms with Gasteiger partial charge in [0.1, 0.15) is 11.5 Å². The molecule has 1 rings (SSSR count). The van der Waals surface area contributed by atoms with Crippen LogP contribution in [0.25, 0.3) is 0 Å². The lowest BCUT2D eigenvalue weighted by molar-refractivity contribution is 0.00873. The topological polar surface area (TPSA) is 77.0 Å². The number of ether oxygens (including phenoxy) is 2. The van der Waals surface area contributed by atoms with E-state index in [2.05, 4.69) is 5.48 Å². The van der Waals surface area contributed by atoms with Crippen molar-refractivity contribution in [3.05, 3.63) is 23.8 Å². The fourth-order valence-corrected chi connectivity index (χ4v) is 1.12. The molecule has 0 bridgehead atoms. The highest BCUT2D eigenvalue weighted by Crippen LogP contribution is 2.22. The standard InChI is InChI=1S/C11H15NO5/c1-15-5-6-17-12-11(14)9-7-8(16-2)3-4-10(9)13/h3-4,7,13H,5-6H2,1-2H3,(H,12,14). The smallest absolute Gasteiger partial charge is 0.278 e. The van der Waals surface area contributed by atoms with E-state index in [-0.39, 0.29) is 17.9 Å². The van der Waals surface area contributed by atoms with Crippen molar-refractivity contribution >= 4 is 5.91 Å². The van der Waals surface area contributed by atoms with Crippen LogP contribution < -0.4 is 10.2 Å². The van der Waals surface area contributed by atoms with Gasteiger partial charge < -0.3 is 14.6 Å². The summed E-state index contributed by atoms with van der Waals surface area (Å²) in [5.74, 6) is -0.207. The van der Waals surface area contributed by atoms with Gasteiger partial charge in [0.05, 0.1) is 25.9 Å². The second-order valence-corrected chi connectivity index (χ2v) is 3.16. The van der Waals surface area contributed by atoms with Gasteiger partial charge in [0.15, 0.2) is 0 Å². The first-order chi connectivity index (χ1) is 8.19. The van der Waals surface area contributed by atoms with Crippen molar-refractivity contribution < 1.29 is 24.2 Å². The Kier molecular flexibility index (Phi) is 5.25. The van der Waals surface area contributed by atoms with Gasteiger partial charge in [-0.25, -0.2) is 5.48 Å². The van der Waals surface area contributed by atoms with Crippen LogP contribution in [0, 0.1) is 0 Å². The molecule has 0 unspecified atom stereocenters. The zero-order chi connectivity index (χ0) is 12.7. The first-order valence-electron chi connectivity index (χ1n) is 4.97. The van der Waals surface area contributed by atoms with Crippen LogP contribution in [0.5, 0.6) is 11.5 Å². The van der Waals surface area contributed by atoms with E-state index in [1.54, 1.807) is 6.07 Å². The molecule has 0 saturated carbocycles. The average molecular weight is 241 g/mol. The lowest BCUT2D eigenvalue weighted by Gasteiger charge is -2.08. The summed E-state index contributed by atoms with van der Waals surface area (Å²) >= 11 is 0. The maximum Gasteiger partial charge on any atom is 0.278 e. The van der Waals surface area contributed by atoms with E-state index in [9.17, 15) is 9.90 Å². The van der Waals surface area contributed by atoms with Gasteiger partial charge >= 0.3 is 0 Å². The summed E-state index contributed by atoms with van der Waals surface area (Å²) in [5.41, 5.74) is 2.28. The number of aromatic hydroxyl groups is 1. The highest BCUT2D eigenvalue weighted by molar-refractivity contribution is 5.96. The number of benzene rings is 1. The molecule has 0 spiro atoms. The molecular formula is C11H15NO5. The van der Waals surface area contributed by atoms with Crippen LogP contribution in [0.15, 0.2) is 18.2 Å². The number of carbonyl (C=O) groups excluding carboxylic acids is 1. The molecule has 0 aliphatic rings. The quantitative estimate of drug-likeness (QED) is 0.566. The Morgan fingerprint density at radius 2 is 2.12 bits per heavy atom. The van der Waals surface area contributed by atoms with Crippen molar-refractivity contribution in [1.82, 2.24) is 5.48 Å². The molecular weight excluding hydrogens is 226 g/mol. The minimum Gasteiger partial charge on any atom is -0.507 e. The van der Waals surface area contributed by atoms with Crippen LogP contribution in [-0.4, -0.2) is 38.4 Å². The molecule has 0 aliphatic heterocycles. The number of rotatable bonds is 6. The summed E-state index contributed by atoms with van der Waals surface area (Å²) in [6.07, 6.45) is 0. The first kappa shape index (κ1) is 13.3. The van der Waals surface area contributed by atoms with Crippen molar-refractivity contribution in [2.45, 2.75) is 0 Å². The Hall–Kier alpha value is -1.79. The van der Waals surface area contributed by atoms with Gasteiger partial charge in [0.25, 0.3) is 5.91 Å². The van der Waals surface area contributed by atoms with Gasteiger partial charge in [-0.05, 0) is 18.2 Å². The van der Waals surface area contributed by atoms with E-state index >= 15 is 0 Å². The number of hydrogen-bond donors (Lipinski definition) is 2. The minimum absolute atomic E-state index is 0.0850. The summed E-state index contributed by atoms with van der Waals surface area (Å²) in [7, 11) is 3.00. The van der Waals surface area contributed by atoms with E-state index in [1.807, 2.05) is 0 Å². The molecule has 0 saturated heterocycles. The van der Waals surface area contributed by atoms with Crippen LogP contribution in [0.4, 0.5) is 0 Å². The fourth-order valence-electron chi connectivity index (χ4n) is 1.12. The lowest BCUT2D eigenvalue weighted by atomic mass is 10.2. The van der Waals surface area contributed by atoms with Crippen LogP contribution in [-0.2, 0) is 9.57 Å². The molecule has 1 aromatic rings. The Labute approximate surface area is 99.1 Å². The largest absolute Gasteiger partial charge is 0.507 e.